The molecule has 0 saturated carbocycles. The minimum absolute atomic E-state index is 0.311. The maximum Gasteiger partial charge on any atom is 0.130 e. The van der Waals surface area contributed by atoms with Gasteiger partial charge in [0.05, 0.1) is 5.69 Å². The molecule has 2 aromatic heterocycles. The fourth-order valence-electron chi connectivity index (χ4n) is 2.16. The number of anilines is 1. The van der Waals surface area contributed by atoms with Crippen LogP contribution in [-0.4, -0.2) is 15.0 Å². The number of hydrogen-bond acceptors (Lipinski definition) is 4. The molecule has 4 nitrogen and oxygen atoms in total. The summed E-state index contributed by atoms with van der Waals surface area (Å²) in [5.74, 6) is 0.885. The van der Waals surface area contributed by atoms with Crippen molar-refractivity contribution in [2.45, 2.75) is 39.5 Å². The number of pyridine rings is 1. The molecule has 2 N–H and O–H groups in total. The van der Waals surface area contributed by atoms with Gasteiger partial charge in [-0.2, -0.15) is 0 Å². The van der Waals surface area contributed by atoms with Crippen LogP contribution >= 0.6 is 0 Å². The average Bonchev–Trinajstić information content (AvgIpc) is 2.39. The molecule has 0 bridgehead atoms. The first-order valence-corrected chi connectivity index (χ1v) is 6.64. The predicted molar refractivity (Wildman–Crippen MR) is 77.0 cm³/mol. The van der Waals surface area contributed by atoms with E-state index in [9.17, 15) is 0 Å². The number of nitrogens with zero attached hydrogens (tertiary/aromatic N) is 3. The average molecular weight is 256 g/mol. The summed E-state index contributed by atoms with van der Waals surface area (Å²) in [6.07, 6.45) is 5.15. The summed E-state index contributed by atoms with van der Waals surface area (Å²) in [7, 11) is 0. The molecule has 2 rings (SSSR count). The van der Waals surface area contributed by atoms with Crippen LogP contribution in [0, 0.1) is 0 Å². The van der Waals surface area contributed by atoms with E-state index in [1.165, 1.54) is 11.9 Å². The van der Waals surface area contributed by atoms with E-state index in [1.54, 1.807) is 0 Å². The lowest BCUT2D eigenvalue weighted by atomic mass is 9.99. The van der Waals surface area contributed by atoms with Crippen LogP contribution in [0.4, 0.5) is 5.82 Å². The molecule has 0 radical (unpaired) electrons. The quantitative estimate of drug-likeness (QED) is 0.913. The van der Waals surface area contributed by atoms with Crippen molar-refractivity contribution in [1.29, 1.82) is 0 Å². The van der Waals surface area contributed by atoms with Crippen LogP contribution in [0.25, 0.3) is 0 Å². The van der Waals surface area contributed by atoms with Gasteiger partial charge in [-0.15, -0.1) is 0 Å². The van der Waals surface area contributed by atoms with Crippen LogP contribution in [-0.2, 0) is 12.8 Å². The molecule has 0 atom stereocenters. The van der Waals surface area contributed by atoms with Gasteiger partial charge in [0.25, 0.3) is 0 Å². The van der Waals surface area contributed by atoms with Gasteiger partial charge in [-0.05, 0) is 24.0 Å². The van der Waals surface area contributed by atoms with Crippen molar-refractivity contribution in [1.82, 2.24) is 15.0 Å². The molecule has 0 aromatic carbocycles. The summed E-state index contributed by atoms with van der Waals surface area (Å²) in [5.41, 5.74) is 10.2. The number of rotatable bonds is 4. The molecule has 2 heterocycles. The summed E-state index contributed by atoms with van der Waals surface area (Å²) >= 11 is 0. The van der Waals surface area contributed by atoms with Gasteiger partial charge >= 0.3 is 0 Å². The lowest BCUT2D eigenvalue weighted by Crippen LogP contribution is -2.08. The Morgan fingerprint density at radius 1 is 1.16 bits per heavy atom. The zero-order chi connectivity index (χ0) is 13.8. The van der Waals surface area contributed by atoms with Crippen LogP contribution in [0.5, 0.6) is 0 Å². The molecule has 0 aliphatic heterocycles. The maximum atomic E-state index is 5.95. The fourth-order valence-corrected chi connectivity index (χ4v) is 2.16. The molecule has 4 heteroatoms. The molecule has 0 saturated heterocycles. The van der Waals surface area contributed by atoms with Gasteiger partial charge in [0.15, 0.2) is 0 Å². The summed E-state index contributed by atoms with van der Waals surface area (Å²) in [6.45, 7) is 6.33. The lowest BCUT2D eigenvalue weighted by molar-refractivity contribution is 0.816. The molecule has 19 heavy (non-hydrogen) atoms. The number of nitrogens with two attached hydrogens (primary N) is 1. The van der Waals surface area contributed by atoms with Gasteiger partial charge in [0.2, 0.25) is 0 Å². The van der Waals surface area contributed by atoms with Gasteiger partial charge in [-0.1, -0.05) is 26.8 Å². The van der Waals surface area contributed by atoms with Crippen LogP contribution < -0.4 is 5.73 Å². The lowest BCUT2D eigenvalue weighted by Gasteiger charge is -2.13. The highest BCUT2D eigenvalue weighted by atomic mass is 14.9. The van der Waals surface area contributed by atoms with Gasteiger partial charge in [0.1, 0.15) is 12.1 Å². The Kier molecular flexibility index (Phi) is 4.10. The Morgan fingerprint density at radius 3 is 2.53 bits per heavy atom. The van der Waals surface area contributed by atoms with Crippen molar-refractivity contribution in [3.63, 3.8) is 0 Å². The predicted octanol–water partition coefficient (Wildman–Crippen LogP) is 2.73. The van der Waals surface area contributed by atoms with Crippen molar-refractivity contribution >= 4 is 5.82 Å². The number of hydrogen-bond donors (Lipinski definition) is 1. The van der Waals surface area contributed by atoms with Crippen molar-refractivity contribution < 1.29 is 0 Å². The van der Waals surface area contributed by atoms with Crippen molar-refractivity contribution in [2.24, 2.45) is 0 Å². The minimum atomic E-state index is 0.311. The summed E-state index contributed by atoms with van der Waals surface area (Å²) in [5, 5.41) is 0. The zero-order valence-electron chi connectivity index (χ0n) is 11.7. The first-order valence-electron chi connectivity index (χ1n) is 6.64. The van der Waals surface area contributed by atoms with E-state index in [0.29, 0.717) is 18.2 Å². The maximum absolute atomic E-state index is 5.95. The molecular weight excluding hydrogens is 236 g/mol. The fraction of sp³-hybridized carbons (Fsp3) is 0.400. The number of aromatic nitrogens is 3. The Hall–Kier alpha value is -1.97. The third-order valence-corrected chi connectivity index (χ3v) is 3.22. The van der Waals surface area contributed by atoms with E-state index in [2.05, 4.69) is 47.9 Å². The zero-order valence-corrected chi connectivity index (χ0v) is 11.7. The second-order valence-electron chi connectivity index (χ2n) is 4.96. The molecule has 0 aliphatic carbocycles. The standard InChI is InChI=1S/C15H20N4/c1-4-11-5-6-12(17-8-11)7-13-14(10(2)3)15(16)19-9-18-13/h5-6,8-10H,4,7H2,1-3H3,(H2,16,18,19). The van der Waals surface area contributed by atoms with Gasteiger partial charge in [0, 0.05) is 23.9 Å². The molecule has 0 unspecified atom stereocenters. The van der Waals surface area contributed by atoms with Gasteiger partial charge in [-0.3, -0.25) is 4.98 Å². The van der Waals surface area contributed by atoms with E-state index in [-0.39, 0.29) is 0 Å². The van der Waals surface area contributed by atoms with Crippen LogP contribution in [0.3, 0.4) is 0 Å². The summed E-state index contributed by atoms with van der Waals surface area (Å²) in [4.78, 5) is 12.9. The molecule has 0 spiro atoms. The third kappa shape index (κ3) is 3.08. The van der Waals surface area contributed by atoms with E-state index >= 15 is 0 Å². The Bertz CT molecular complexity index is 547. The Morgan fingerprint density at radius 2 is 1.95 bits per heavy atom. The second-order valence-corrected chi connectivity index (χ2v) is 4.96. The SMILES string of the molecule is CCc1ccc(Cc2ncnc(N)c2C(C)C)nc1. The Labute approximate surface area is 114 Å². The van der Waals surface area contributed by atoms with Crippen LogP contribution in [0.1, 0.15) is 49.2 Å². The van der Waals surface area contributed by atoms with Crippen molar-refractivity contribution in [2.75, 3.05) is 5.73 Å². The van der Waals surface area contributed by atoms with Crippen molar-refractivity contribution in [3.8, 4) is 0 Å². The van der Waals surface area contributed by atoms with E-state index in [1.807, 2.05) is 6.20 Å². The highest BCUT2D eigenvalue weighted by molar-refractivity contribution is 5.44. The Balaban J connectivity index is 2.29. The molecule has 0 amide bonds. The molecule has 100 valence electrons. The first-order chi connectivity index (χ1) is 9.11. The van der Waals surface area contributed by atoms with Gasteiger partial charge < -0.3 is 5.73 Å². The van der Waals surface area contributed by atoms with Crippen LogP contribution in [0.2, 0.25) is 0 Å². The summed E-state index contributed by atoms with van der Waals surface area (Å²) in [6, 6.07) is 4.17. The topological polar surface area (TPSA) is 64.7 Å². The number of aryl methyl sites for hydroxylation is 1. The third-order valence-electron chi connectivity index (χ3n) is 3.22. The van der Waals surface area contributed by atoms with Crippen molar-refractivity contribution in [3.05, 3.63) is 47.2 Å². The number of nitrogen functional groups attached to an aromatic ring is 1. The van der Waals surface area contributed by atoms with E-state index < -0.39 is 0 Å². The largest absolute Gasteiger partial charge is 0.383 e. The molecular formula is C15H20N4. The minimum Gasteiger partial charge on any atom is -0.383 e. The first kappa shape index (κ1) is 13.5. The monoisotopic (exact) mass is 256 g/mol. The summed E-state index contributed by atoms with van der Waals surface area (Å²) < 4.78 is 0. The van der Waals surface area contributed by atoms with Crippen LogP contribution in [0.15, 0.2) is 24.7 Å². The normalized spacial score (nSPS) is 10.9. The molecule has 0 fully saturated rings. The van der Waals surface area contributed by atoms with Gasteiger partial charge in [-0.25, -0.2) is 9.97 Å². The molecule has 2 aromatic rings. The molecule has 0 aliphatic rings. The highest BCUT2D eigenvalue weighted by Crippen LogP contribution is 2.24. The second kappa shape index (κ2) is 5.78. The van der Waals surface area contributed by atoms with E-state index in [4.69, 9.17) is 5.73 Å². The van der Waals surface area contributed by atoms with E-state index in [0.717, 1.165) is 23.4 Å². The highest BCUT2D eigenvalue weighted by Gasteiger charge is 2.13. The smallest absolute Gasteiger partial charge is 0.130 e.